The second kappa shape index (κ2) is 3.91. The predicted octanol–water partition coefficient (Wildman–Crippen LogP) is 5.78. The number of hydrogen-bond donors (Lipinski definition) is 0. The van der Waals surface area contributed by atoms with E-state index >= 15 is 0 Å². The molecule has 0 radical (unpaired) electrons. The third-order valence-corrected chi connectivity index (χ3v) is 6.29. The zero-order valence-corrected chi connectivity index (χ0v) is 13.2. The quantitative estimate of drug-likeness (QED) is 0.569. The SMILES string of the molecule is CC12C3=CC=C4c5ccccc5C=C(C=CC1=CC(F)=C3)C42C. The Morgan fingerprint density at radius 2 is 1.52 bits per heavy atom. The minimum absolute atomic E-state index is 0.155. The maximum absolute atomic E-state index is 14.0. The summed E-state index contributed by atoms with van der Waals surface area (Å²) in [5.41, 5.74) is 6.94. The van der Waals surface area contributed by atoms with Crippen LogP contribution in [0.1, 0.15) is 25.0 Å². The van der Waals surface area contributed by atoms with E-state index in [1.807, 2.05) is 0 Å². The molecule has 112 valence electrons. The summed E-state index contributed by atoms with van der Waals surface area (Å²) in [5, 5.41) is 0. The van der Waals surface area contributed by atoms with Crippen molar-refractivity contribution in [1.82, 2.24) is 0 Å². The van der Waals surface area contributed by atoms with Crippen molar-refractivity contribution in [1.29, 1.82) is 0 Å². The average molecular weight is 300 g/mol. The number of fused-ring (bicyclic) bond motifs is 2. The molecule has 2 atom stereocenters. The lowest BCUT2D eigenvalue weighted by Gasteiger charge is -2.56. The van der Waals surface area contributed by atoms with E-state index < -0.39 is 0 Å². The summed E-state index contributed by atoms with van der Waals surface area (Å²) in [7, 11) is 0. The van der Waals surface area contributed by atoms with Crippen LogP contribution >= 0.6 is 0 Å². The second-order valence-electron chi connectivity index (χ2n) is 7.10. The number of allylic oxidation sites excluding steroid dienone is 11. The second-order valence-corrected chi connectivity index (χ2v) is 7.10. The average Bonchev–Trinajstić information content (AvgIpc) is 2.53. The summed E-state index contributed by atoms with van der Waals surface area (Å²) in [6.07, 6.45) is 14.2. The van der Waals surface area contributed by atoms with Crippen LogP contribution < -0.4 is 0 Å². The monoisotopic (exact) mass is 300 g/mol. The lowest BCUT2D eigenvalue weighted by atomic mass is 9.45. The first kappa shape index (κ1) is 13.1. The zero-order valence-electron chi connectivity index (χ0n) is 13.2. The molecule has 1 aromatic carbocycles. The Hall–Kier alpha value is -2.41. The fourth-order valence-corrected chi connectivity index (χ4v) is 4.79. The molecule has 0 aromatic heterocycles. The molecule has 5 rings (SSSR count). The van der Waals surface area contributed by atoms with Crippen LogP contribution in [0.5, 0.6) is 0 Å². The normalized spacial score (nSPS) is 32.7. The third kappa shape index (κ3) is 1.33. The van der Waals surface area contributed by atoms with Crippen molar-refractivity contribution in [2.24, 2.45) is 10.8 Å². The summed E-state index contributed by atoms with van der Waals surface area (Å²) in [5.74, 6) is -0.155. The van der Waals surface area contributed by atoms with E-state index in [9.17, 15) is 4.39 Å². The summed E-state index contributed by atoms with van der Waals surface area (Å²) >= 11 is 0. The highest BCUT2D eigenvalue weighted by Crippen LogP contribution is 2.67. The molecule has 2 unspecified atom stereocenters. The Labute approximate surface area is 135 Å². The molecular formula is C22H17F. The van der Waals surface area contributed by atoms with Crippen LogP contribution in [0.25, 0.3) is 11.6 Å². The molecule has 0 amide bonds. The van der Waals surface area contributed by atoms with Gasteiger partial charge in [0, 0.05) is 10.8 Å². The molecule has 0 fully saturated rings. The van der Waals surface area contributed by atoms with E-state index in [1.165, 1.54) is 22.3 Å². The summed E-state index contributed by atoms with van der Waals surface area (Å²) < 4.78 is 14.0. The van der Waals surface area contributed by atoms with Crippen molar-refractivity contribution >= 4 is 11.6 Å². The van der Waals surface area contributed by atoms with Gasteiger partial charge in [-0.2, -0.15) is 0 Å². The molecule has 0 spiro atoms. The molecule has 4 aliphatic carbocycles. The molecule has 23 heavy (non-hydrogen) atoms. The Balaban J connectivity index is 1.94. The molecule has 0 nitrogen and oxygen atoms in total. The van der Waals surface area contributed by atoms with Gasteiger partial charge in [-0.1, -0.05) is 68.5 Å². The topological polar surface area (TPSA) is 0 Å². The molecular weight excluding hydrogens is 283 g/mol. The van der Waals surface area contributed by atoms with E-state index in [0.29, 0.717) is 0 Å². The third-order valence-electron chi connectivity index (χ3n) is 6.29. The first-order valence-corrected chi connectivity index (χ1v) is 8.07. The van der Waals surface area contributed by atoms with E-state index in [1.54, 1.807) is 12.2 Å². The predicted molar refractivity (Wildman–Crippen MR) is 93.1 cm³/mol. The lowest BCUT2D eigenvalue weighted by molar-refractivity contribution is 0.275. The molecule has 0 N–H and O–H groups in total. The van der Waals surface area contributed by atoms with Crippen molar-refractivity contribution in [3.8, 4) is 0 Å². The standard InChI is InChI=1S/C22H17F/c1-21-16-8-7-15-11-14-5-3-4-6-19(14)20(22(15,21)2)10-9-17(21)13-18(23)12-16/h3-13H,1-2H3. The Bertz CT molecular complexity index is 948. The van der Waals surface area contributed by atoms with Crippen LogP contribution in [-0.2, 0) is 0 Å². The van der Waals surface area contributed by atoms with Crippen LogP contribution in [0.3, 0.4) is 0 Å². The Morgan fingerprint density at radius 1 is 0.783 bits per heavy atom. The Morgan fingerprint density at radius 3 is 2.35 bits per heavy atom. The Kier molecular flexibility index (Phi) is 2.22. The van der Waals surface area contributed by atoms with Gasteiger partial charge in [0.15, 0.2) is 0 Å². The van der Waals surface area contributed by atoms with Crippen molar-refractivity contribution in [2.45, 2.75) is 13.8 Å². The smallest absolute Gasteiger partial charge is 0.123 e. The van der Waals surface area contributed by atoms with Crippen LogP contribution in [0.2, 0.25) is 0 Å². The molecule has 0 heterocycles. The van der Waals surface area contributed by atoms with E-state index in [-0.39, 0.29) is 16.7 Å². The maximum atomic E-state index is 14.0. The molecule has 0 bridgehead atoms. The number of rotatable bonds is 0. The fourth-order valence-electron chi connectivity index (χ4n) is 4.79. The first-order chi connectivity index (χ1) is 11.0. The van der Waals surface area contributed by atoms with Gasteiger partial charge in [-0.3, -0.25) is 0 Å². The van der Waals surface area contributed by atoms with Gasteiger partial charge in [0.1, 0.15) is 5.83 Å². The highest BCUT2D eigenvalue weighted by molar-refractivity contribution is 5.91. The number of benzene rings is 1. The van der Waals surface area contributed by atoms with E-state index in [4.69, 9.17) is 0 Å². The van der Waals surface area contributed by atoms with Crippen molar-refractivity contribution in [2.75, 3.05) is 0 Å². The zero-order chi connectivity index (χ0) is 15.8. The first-order valence-electron chi connectivity index (χ1n) is 8.07. The summed E-state index contributed by atoms with van der Waals surface area (Å²) in [6, 6.07) is 8.55. The van der Waals surface area contributed by atoms with Gasteiger partial charge in [0.2, 0.25) is 0 Å². The minimum atomic E-state index is -0.221. The highest BCUT2D eigenvalue weighted by atomic mass is 19.1. The van der Waals surface area contributed by atoms with E-state index in [0.717, 1.165) is 11.1 Å². The number of hydrogen-bond acceptors (Lipinski definition) is 0. The maximum Gasteiger partial charge on any atom is 0.123 e. The van der Waals surface area contributed by atoms with Gasteiger partial charge in [0.05, 0.1) is 0 Å². The van der Waals surface area contributed by atoms with Crippen molar-refractivity contribution < 1.29 is 4.39 Å². The molecule has 0 saturated carbocycles. The molecule has 0 saturated heterocycles. The summed E-state index contributed by atoms with van der Waals surface area (Å²) in [6.45, 7) is 4.56. The van der Waals surface area contributed by atoms with Gasteiger partial charge >= 0.3 is 0 Å². The van der Waals surface area contributed by atoms with Gasteiger partial charge in [0.25, 0.3) is 0 Å². The van der Waals surface area contributed by atoms with Crippen LogP contribution in [-0.4, -0.2) is 0 Å². The van der Waals surface area contributed by atoms with Gasteiger partial charge in [-0.05, 0) is 45.6 Å². The van der Waals surface area contributed by atoms with Crippen molar-refractivity contribution in [3.63, 3.8) is 0 Å². The number of halogens is 1. The van der Waals surface area contributed by atoms with Crippen LogP contribution in [0.15, 0.2) is 83.3 Å². The van der Waals surface area contributed by atoms with Gasteiger partial charge in [-0.15, -0.1) is 0 Å². The molecule has 1 heteroatoms. The molecule has 1 aromatic rings. The summed E-state index contributed by atoms with van der Waals surface area (Å²) in [4.78, 5) is 0. The van der Waals surface area contributed by atoms with Crippen LogP contribution in [0.4, 0.5) is 4.39 Å². The highest BCUT2D eigenvalue weighted by Gasteiger charge is 2.57. The molecule has 0 aliphatic heterocycles. The lowest BCUT2D eigenvalue weighted by Crippen LogP contribution is -2.47. The van der Waals surface area contributed by atoms with E-state index in [2.05, 4.69) is 68.5 Å². The minimum Gasteiger partial charge on any atom is -0.207 e. The van der Waals surface area contributed by atoms with Crippen LogP contribution in [0, 0.1) is 10.8 Å². The van der Waals surface area contributed by atoms with Gasteiger partial charge in [-0.25, -0.2) is 4.39 Å². The largest absolute Gasteiger partial charge is 0.207 e. The molecule has 4 aliphatic rings. The fraction of sp³-hybridized carbons (Fsp3) is 0.182. The van der Waals surface area contributed by atoms with Gasteiger partial charge < -0.3 is 0 Å². The van der Waals surface area contributed by atoms with Crippen molar-refractivity contribution in [3.05, 3.63) is 94.4 Å².